The first-order valence-corrected chi connectivity index (χ1v) is 9.92. The van der Waals surface area contributed by atoms with Crippen LogP contribution in [-0.4, -0.2) is 59.6 Å². The third-order valence-electron chi connectivity index (χ3n) is 5.91. The van der Waals surface area contributed by atoms with Crippen LogP contribution in [0.25, 0.3) is 0 Å². The number of rotatable bonds is 4. The summed E-state index contributed by atoms with van der Waals surface area (Å²) in [5.41, 5.74) is 2.38. The summed E-state index contributed by atoms with van der Waals surface area (Å²) in [4.78, 5) is 22.2. The lowest BCUT2D eigenvalue weighted by atomic mass is 10.0. The molecule has 0 unspecified atom stereocenters. The third-order valence-corrected chi connectivity index (χ3v) is 5.91. The molecule has 2 atom stereocenters. The number of carbonyl (C=O) groups excluding carboxylic acids is 1. The SMILES string of the molecule is CCc1ccc(CN2C[C@H]3COC[C@@H]2CN(C(=O)C2CC=CC2)C3)nc1. The molecule has 1 amide bonds. The predicted octanol–water partition coefficient (Wildman–Crippen LogP) is 2.27. The van der Waals surface area contributed by atoms with E-state index in [1.807, 2.05) is 6.20 Å². The molecule has 2 fully saturated rings. The molecule has 0 radical (unpaired) electrons. The Morgan fingerprint density at radius 3 is 2.77 bits per heavy atom. The van der Waals surface area contributed by atoms with Crippen LogP contribution in [0, 0.1) is 11.8 Å². The Balaban J connectivity index is 1.46. The molecule has 5 heteroatoms. The summed E-state index contributed by atoms with van der Waals surface area (Å²) >= 11 is 0. The Morgan fingerprint density at radius 2 is 2.04 bits per heavy atom. The molecule has 2 saturated heterocycles. The number of aromatic nitrogens is 1. The van der Waals surface area contributed by atoms with Gasteiger partial charge >= 0.3 is 0 Å². The fourth-order valence-electron chi connectivity index (χ4n) is 4.35. The van der Waals surface area contributed by atoms with E-state index in [1.165, 1.54) is 5.56 Å². The van der Waals surface area contributed by atoms with Crippen molar-refractivity contribution in [3.05, 3.63) is 41.7 Å². The Labute approximate surface area is 156 Å². The van der Waals surface area contributed by atoms with Crippen molar-refractivity contribution in [2.75, 3.05) is 32.8 Å². The monoisotopic (exact) mass is 355 g/mol. The fourth-order valence-corrected chi connectivity index (χ4v) is 4.35. The van der Waals surface area contributed by atoms with E-state index in [-0.39, 0.29) is 12.0 Å². The fraction of sp³-hybridized carbons (Fsp3) is 0.619. The lowest BCUT2D eigenvalue weighted by molar-refractivity contribution is -0.137. The molecule has 26 heavy (non-hydrogen) atoms. The Hall–Kier alpha value is -1.72. The summed E-state index contributed by atoms with van der Waals surface area (Å²) in [6, 6.07) is 4.57. The predicted molar refractivity (Wildman–Crippen MR) is 101 cm³/mol. The first-order valence-electron chi connectivity index (χ1n) is 9.92. The zero-order chi connectivity index (χ0) is 17.9. The molecule has 5 nitrogen and oxygen atoms in total. The van der Waals surface area contributed by atoms with E-state index in [0.717, 1.165) is 57.7 Å². The number of ether oxygens (including phenoxy) is 1. The minimum Gasteiger partial charge on any atom is -0.379 e. The van der Waals surface area contributed by atoms with Crippen LogP contribution in [0.5, 0.6) is 0 Å². The van der Waals surface area contributed by atoms with Gasteiger partial charge in [-0.05, 0) is 30.9 Å². The van der Waals surface area contributed by atoms with Gasteiger partial charge in [0.1, 0.15) is 0 Å². The molecular formula is C21H29N3O2. The smallest absolute Gasteiger partial charge is 0.226 e. The second-order valence-electron chi connectivity index (χ2n) is 7.88. The van der Waals surface area contributed by atoms with Crippen LogP contribution in [0.15, 0.2) is 30.5 Å². The van der Waals surface area contributed by atoms with Gasteiger partial charge in [0, 0.05) is 44.2 Å². The summed E-state index contributed by atoms with van der Waals surface area (Å²) in [5, 5.41) is 0. The molecule has 1 aromatic heterocycles. The standard InChI is InChI=1S/C21H29N3O2/c1-2-16-7-8-19(22-9-16)12-23-10-17-11-24(13-20(23)15-26-14-17)21(25)18-5-3-4-6-18/h3-4,7-9,17-18,20H,2,5-6,10-15H2,1H3/t17-,20+/m1/s1. The van der Waals surface area contributed by atoms with Crippen LogP contribution in [0.3, 0.4) is 0 Å². The van der Waals surface area contributed by atoms with Crippen molar-refractivity contribution in [1.29, 1.82) is 0 Å². The van der Waals surface area contributed by atoms with Crippen molar-refractivity contribution < 1.29 is 9.53 Å². The van der Waals surface area contributed by atoms with Crippen LogP contribution in [0.2, 0.25) is 0 Å². The van der Waals surface area contributed by atoms with Crippen molar-refractivity contribution in [2.24, 2.45) is 11.8 Å². The normalized spacial score (nSPS) is 26.9. The number of carbonyl (C=O) groups is 1. The van der Waals surface area contributed by atoms with Crippen molar-refractivity contribution in [2.45, 2.75) is 38.8 Å². The molecule has 3 aliphatic rings. The molecule has 1 aliphatic carbocycles. The Kier molecular flexibility index (Phi) is 5.36. The van der Waals surface area contributed by atoms with Gasteiger partial charge in [0.15, 0.2) is 0 Å². The Bertz CT molecular complexity index is 650. The van der Waals surface area contributed by atoms with E-state index in [2.05, 4.69) is 46.0 Å². The lowest BCUT2D eigenvalue weighted by Gasteiger charge is -2.32. The number of amides is 1. The van der Waals surface area contributed by atoms with Crippen molar-refractivity contribution >= 4 is 5.91 Å². The topological polar surface area (TPSA) is 45.7 Å². The number of hydrogen-bond donors (Lipinski definition) is 0. The maximum Gasteiger partial charge on any atom is 0.226 e. The number of allylic oxidation sites excluding steroid dienone is 2. The summed E-state index contributed by atoms with van der Waals surface area (Å²) in [6.45, 7) is 7.02. The summed E-state index contributed by atoms with van der Waals surface area (Å²) < 4.78 is 5.91. The molecule has 4 rings (SSSR count). The first-order chi connectivity index (χ1) is 12.7. The number of nitrogens with zero attached hydrogens (tertiary/aromatic N) is 3. The van der Waals surface area contributed by atoms with Gasteiger partial charge in [-0.25, -0.2) is 0 Å². The van der Waals surface area contributed by atoms with Gasteiger partial charge in [-0.2, -0.15) is 0 Å². The summed E-state index contributed by atoms with van der Waals surface area (Å²) in [6.07, 6.45) is 9.09. The van der Waals surface area contributed by atoms with Gasteiger partial charge in [-0.3, -0.25) is 14.7 Å². The second kappa shape index (κ2) is 7.89. The molecule has 140 valence electrons. The van der Waals surface area contributed by atoms with Gasteiger partial charge < -0.3 is 9.64 Å². The van der Waals surface area contributed by atoms with E-state index in [0.29, 0.717) is 18.4 Å². The zero-order valence-corrected chi connectivity index (χ0v) is 15.6. The van der Waals surface area contributed by atoms with E-state index in [1.54, 1.807) is 0 Å². The number of pyridine rings is 1. The van der Waals surface area contributed by atoms with Crippen LogP contribution in [-0.2, 0) is 22.5 Å². The molecule has 0 aromatic carbocycles. The van der Waals surface area contributed by atoms with Gasteiger partial charge in [0.05, 0.1) is 24.9 Å². The third kappa shape index (κ3) is 3.84. The zero-order valence-electron chi connectivity index (χ0n) is 15.6. The van der Waals surface area contributed by atoms with E-state index in [4.69, 9.17) is 4.74 Å². The minimum atomic E-state index is 0.159. The molecule has 0 N–H and O–H groups in total. The molecule has 2 bridgehead atoms. The highest BCUT2D eigenvalue weighted by Gasteiger charge is 2.37. The maximum atomic E-state index is 12.9. The van der Waals surface area contributed by atoms with Crippen LogP contribution in [0.4, 0.5) is 0 Å². The van der Waals surface area contributed by atoms with E-state index in [9.17, 15) is 4.79 Å². The quantitative estimate of drug-likeness (QED) is 0.778. The number of fused-ring (bicyclic) bond motifs is 3. The molecular weight excluding hydrogens is 326 g/mol. The molecule has 1 aromatic rings. The average Bonchev–Trinajstić information content (AvgIpc) is 3.05. The highest BCUT2D eigenvalue weighted by atomic mass is 16.5. The van der Waals surface area contributed by atoms with E-state index >= 15 is 0 Å². The minimum absolute atomic E-state index is 0.159. The van der Waals surface area contributed by atoms with Gasteiger partial charge in [-0.1, -0.05) is 25.1 Å². The van der Waals surface area contributed by atoms with Crippen molar-refractivity contribution in [3.63, 3.8) is 0 Å². The van der Waals surface area contributed by atoms with Crippen molar-refractivity contribution in [1.82, 2.24) is 14.8 Å². The first kappa shape index (κ1) is 17.7. The molecule has 0 saturated carbocycles. The lowest BCUT2D eigenvalue weighted by Crippen LogP contribution is -2.47. The van der Waals surface area contributed by atoms with Crippen LogP contribution >= 0.6 is 0 Å². The largest absolute Gasteiger partial charge is 0.379 e. The number of aryl methyl sites for hydroxylation is 1. The van der Waals surface area contributed by atoms with Gasteiger partial charge in [0.25, 0.3) is 0 Å². The second-order valence-corrected chi connectivity index (χ2v) is 7.88. The Morgan fingerprint density at radius 1 is 1.19 bits per heavy atom. The molecule has 0 spiro atoms. The highest BCUT2D eigenvalue weighted by molar-refractivity contribution is 5.79. The van der Waals surface area contributed by atoms with Crippen molar-refractivity contribution in [3.8, 4) is 0 Å². The highest BCUT2D eigenvalue weighted by Crippen LogP contribution is 2.26. The summed E-state index contributed by atoms with van der Waals surface area (Å²) in [5.74, 6) is 0.876. The molecule has 2 aliphatic heterocycles. The maximum absolute atomic E-state index is 12.9. The van der Waals surface area contributed by atoms with Crippen LogP contribution < -0.4 is 0 Å². The van der Waals surface area contributed by atoms with Gasteiger partial charge in [0.2, 0.25) is 5.91 Å². The van der Waals surface area contributed by atoms with Crippen LogP contribution in [0.1, 0.15) is 31.0 Å². The number of hydrogen-bond acceptors (Lipinski definition) is 4. The average molecular weight is 355 g/mol. The molecule has 3 heterocycles. The van der Waals surface area contributed by atoms with Gasteiger partial charge in [-0.15, -0.1) is 0 Å². The summed E-state index contributed by atoms with van der Waals surface area (Å²) in [7, 11) is 0. The van der Waals surface area contributed by atoms with E-state index < -0.39 is 0 Å².